The molecule has 4 heterocycles. The zero-order chi connectivity index (χ0) is 19.5. The van der Waals surface area contributed by atoms with Gasteiger partial charge in [0.1, 0.15) is 0 Å². The second-order valence-electron chi connectivity index (χ2n) is 7.81. The number of nitrogens with zero attached hydrogens (tertiary/aromatic N) is 5. The van der Waals surface area contributed by atoms with Gasteiger partial charge in [-0.05, 0) is 38.0 Å². The molecular weight excluding hydrogens is 358 g/mol. The van der Waals surface area contributed by atoms with Crippen LogP contribution in [0.3, 0.4) is 0 Å². The van der Waals surface area contributed by atoms with Gasteiger partial charge in [-0.15, -0.1) is 5.10 Å². The van der Waals surface area contributed by atoms with Gasteiger partial charge in [0.25, 0.3) is 0 Å². The van der Waals surface area contributed by atoms with Crippen molar-refractivity contribution in [3.63, 3.8) is 0 Å². The molecule has 0 radical (unpaired) electrons. The van der Waals surface area contributed by atoms with Gasteiger partial charge in [-0.3, -0.25) is 4.79 Å². The van der Waals surface area contributed by atoms with Crippen LogP contribution in [0.1, 0.15) is 25.8 Å². The van der Waals surface area contributed by atoms with Gasteiger partial charge in [-0.25, -0.2) is 9.50 Å². The molecule has 0 bridgehead atoms. The highest BCUT2D eigenvalue weighted by Gasteiger charge is 2.38. The van der Waals surface area contributed by atoms with Crippen LogP contribution in [-0.4, -0.2) is 49.8 Å². The summed E-state index contributed by atoms with van der Waals surface area (Å²) in [6, 6.07) is 5.76. The van der Waals surface area contributed by atoms with Gasteiger partial charge < -0.3 is 20.6 Å². The van der Waals surface area contributed by atoms with Crippen molar-refractivity contribution in [2.45, 2.75) is 31.8 Å². The van der Waals surface area contributed by atoms with Crippen LogP contribution in [0.2, 0.25) is 0 Å². The van der Waals surface area contributed by atoms with Crippen molar-refractivity contribution in [1.82, 2.24) is 19.6 Å². The SMILES string of the molecule is CC1(C)C(=O)Nc2cc(Nc3nc4c(N5CC[C@H](O)C5)nccn4n3)ccc21. The number of carbonyl (C=O) groups excluding carboxylic acids is 1. The highest BCUT2D eigenvalue weighted by Crippen LogP contribution is 2.39. The smallest absolute Gasteiger partial charge is 0.247 e. The third-order valence-corrected chi connectivity index (χ3v) is 5.46. The Balaban J connectivity index is 1.45. The van der Waals surface area contributed by atoms with Crippen molar-refractivity contribution < 1.29 is 9.90 Å². The molecule has 0 aliphatic carbocycles. The summed E-state index contributed by atoms with van der Waals surface area (Å²) in [5, 5.41) is 20.4. The maximum Gasteiger partial charge on any atom is 0.247 e. The van der Waals surface area contributed by atoms with E-state index in [1.54, 1.807) is 16.9 Å². The number of hydrogen-bond acceptors (Lipinski definition) is 7. The first-order valence-corrected chi connectivity index (χ1v) is 9.29. The lowest BCUT2D eigenvalue weighted by molar-refractivity contribution is -0.119. The van der Waals surface area contributed by atoms with E-state index in [4.69, 9.17) is 0 Å². The Morgan fingerprint density at radius 1 is 1.36 bits per heavy atom. The molecule has 1 amide bonds. The van der Waals surface area contributed by atoms with E-state index in [1.807, 2.05) is 36.9 Å². The van der Waals surface area contributed by atoms with Crippen LogP contribution < -0.4 is 15.5 Å². The number of β-amino-alcohol motifs (C(OH)–C–C–N with tert-alkyl or cyclic N) is 1. The number of amides is 1. The van der Waals surface area contributed by atoms with Crippen molar-refractivity contribution in [3.8, 4) is 0 Å². The van der Waals surface area contributed by atoms with E-state index >= 15 is 0 Å². The normalized spacial score (nSPS) is 20.5. The zero-order valence-electron chi connectivity index (χ0n) is 15.7. The third-order valence-electron chi connectivity index (χ3n) is 5.46. The van der Waals surface area contributed by atoms with Crippen molar-refractivity contribution in [2.75, 3.05) is 28.6 Å². The molecular formula is C19H21N7O2. The van der Waals surface area contributed by atoms with Gasteiger partial charge in [0, 0.05) is 36.9 Å². The molecule has 144 valence electrons. The summed E-state index contributed by atoms with van der Waals surface area (Å²) < 4.78 is 1.67. The summed E-state index contributed by atoms with van der Waals surface area (Å²) >= 11 is 0. The Labute approximate surface area is 161 Å². The number of carbonyl (C=O) groups is 1. The lowest BCUT2D eigenvalue weighted by Gasteiger charge is -2.16. The van der Waals surface area contributed by atoms with Gasteiger partial charge >= 0.3 is 0 Å². The average Bonchev–Trinajstić information content (AvgIpc) is 3.31. The Morgan fingerprint density at radius 3 is 3.00 bits per heavy atom. The molecule has 3 N–H and O–H groups in total. The fourth-order valence-electron chi connectivity index (χ4n) is 3.82. The van der Waals surface area contributed by atoms with Crippen molar-refractivity contribution in [2.24, 2.45) is 0 Å². The molecule has 0 saturated carbocycles. The highest BCUT2D eigenvalue weighted by molar-refractivity contribution is 6.06. The van der Waals surface area contributed by atoms with Gasteiger partial charge in [0.2, 0.25) is 11.9 Å². The number of anilines is 4. The van der Waals surface area contributed by atoms with E-state index in [1.165, 1.54) is 0 Å². The van der Waals surface area contributed by atoms with Gasteiger partial charge in [0.05, 0.1) is 11.5 Å². The first-order valence-electron chi connectivity index (χ1n) is 9.29. The fraction of sp³-hybridized carbons (Fsp3) is 0.368. The molecule has 1 fully saturated rings. The minimum Gasteiger partial charge on any atom is -0.391 e. The topological polar surface area (TPSA) is 108 Å². The van der Waals surface area contributed by atoms with Crippen LogP contribution in [0, 0.1) is 0 Å². The van der Waals surface area contributed by atoms with Gasteiger partial charge in [0.15, 0.2) is 11.5 Å². The van der Waals surface area contributed by atoms with Gasteiger partial charge in [-0.2, -0.15) is 4.98 Å². The second-order valence-corrected chi connectivity index (χ2v) is 7.81. The molecule has 2 aliphatic heterocycles. The molecule has 28 heavy (non-hydrogen) atoms. The number of aliphatic hydroxyl groups is 1. The van der Waals surface area contributed by atoms with Crippen molar-refractivity contribution in [1.29, 1.82) is 0 Å². The zero-order valence-corrected chi connectivity index (χ0v) is 15.7. The lowest BCUT2D eigenvalue weighted by atomic mass is 9.86. The number of benzene rings is 1. The van der Waals surface area contributed by atoms with Crippen molar-refractivity contribution in [3.05, 3.63) is 36.2 Å². The molecule has 9 nitrogen and oxygen atoms in total. The Kier molecular flexibility index (Phi) is 3.57. The Bertz CT molecular complexity index is 1090. The summed E-state index contributed by atoms with van der Waals surface area (Å²) in [5.74, 6) is 1.15. The van der Waals surface area contributed by atoms with Crippen LogP contribution in [0.15, 0.2) is 30.6 Å². The molecule has 1 atom stereocenters. The standard InChI is InChI=1S/C19H21N7O2/c1-19(2)13-4-3-11(9-14(13)22-17(19)28)21-18-23-16-15(20-6-8-26(16)24-18)25-7-5-12(27)10-25/h3-4,6,8-9,12,27H,5,7,10H2,1-2H3,(H,21,24)(H,22,28)/t12-/m0/s1. The van der Waals surface area contributed by atoms with Gasteiger partial charge in [-0.1, -0.05) is 6.07 Å². The fourth-order valence-corrected chi connectivity index (χ4v) is 3.82. The summed E-state index contributed by atoms with van der Waals surface area (Å²) in [4.78, 5) is 23.2. The highest BCUT2D eigenvalue weighted by atomic mass is 16.3. The van der Waals surface area contributed by atoms with Crippen LogP contribution >= 0.6 is 0 Å². The maximum absolute atomic E-state index is 12.1. The minimum atomic E-state index is -0.532. The number of aromatic nitrogens is 4. The van der Waals surface area contributed by atoms with E-state index in [-0.39, 0.29) is 12.0 Å². The molecule has 0 unspecified atom stereocenters. The Hall–Kier alpha value is -3.20. The van der Waals surface area contributed by atoms with E-state index in [0.717, 1.165) is 29.9 Å². The molecule has 3 aromatic rings. The van der Waals surface area contributed by atoms with E-state index in [0.29, 0.717) is 24.0 Å². The largest absolute Gasteiger partial charge is 0.391 e. The maximum atomic E-state index is 12.1. The molecule has 2 aromatic heterocycles. The van der Waals surface area contributed by atoms with Crippen LogP contribution in [-0.2, 0) is 10.2 Å². The summed E-state index contributed by atoms with van der Waals surface area (Å²) in [6.45, 7) is 5.11. The first kappa shape index (κ1) is 16.9. The monoisotopic (exact) mass is 379 g/mol. The molecule has 1 saturated heterocycles. The average molecular weight is 379 g/mol. The Morgan fingerprint density at radius 2 is 2.21 bits per heavy atom. The number of hydrogen-bond donors (Lipinski definition) is 3. The predicted molar refractivity (Wildman–Crippen MR) is 105 cm³/mol. The first-order chi connectivity index (χ1) is 13.4. The lowest BCUT2D eigenvalue weighted by Crippen LogP contribution is -2.26. The molecule has 5 rings (SSSR count). The summed E-state index contributed by atoms with van der Waals surface area (Å²) in [7, 11) is 0. The predicted octanol–water partition coefficient (Wildman–Crippen LogP) is 1.67. The second kappa shape index (κ2) is 5.90. The van der Waals surface area contributed by atoms with Crippen LogP contribution in [0.25, 0.3) is 5.65 Å². The number of fused-ring (bicyclic) bond motifs is 2. The number of rotatable bonds is 3. The quantitative estimate of drug-likeness (QED) is 0.635. The van der Waals surface area contributed by atoms with Crippen LogP contribution in [0.5, 0.6) is 0 Å². The number of aliphatic hydroxyl groups excluding tert-OH is 1. The summed E-state index contributed by atoms with van der Waals surface area (Å²) in [5.41, 5.74) is 2.67. The molecule has 1 aromatic carbocycles. The van der Waals surface area contributed by atoms with Crippen molar-refractivity contribution >= 4 is 34.7 Å². The summed E-state index contributed by atoms with van der Waals surface area (Å²) in [6.07, 6.45) is 3.81. The molecule has 9 heteroatoms. The van der Waals surface area contributed by atoms with E-state index in [9.17, 15) is 9.90 Å². The van der Waals surface area contributed by atoms with E-state index in [2.05, 4.69) is 25.7 Å². The number of nitrogens with one attached hydrogen (secondary N) is 2. The van der Waals surface area contributed by atoms with Crippen LogP contribution in [0.4, 0.5) is 23.1 Å². The molecule has 0 spiro atoms. The third kappa shape index (κ3) is 2.58. The minimum absolute atomic E-state index is 0.00554. The molecule has 2 aliphatic rings. The van der Waals surface area contributed by atoms with E-state index < -0.39 is 5.41 Å².